The van der Waals surface area contributed by atoms with E-state index in [1.807, 2.05) is 24.3 Å². The van der Waals surface area contributed by atoms with Gasteiger partial charge in [0.2, 0.25) is 17.7 Å². The monoisotopic (exact) mass is 355 g/mol. The summed E-state index contributed by atoms with van der Waals surface area (Å²) in [7, 11) is 0. The summed E-state index contributed by atoms with van der Waals surface area (Å²) in [5.74, 6) is -1.22. The summed E-state index contributed by atoms with van der Waals surface area (Å²) in [6.45, 7) is 0. The highest BCUT2D eigenvalue weighted by atomic mass is 16.2. The van der Waals surface area contributed by atoms with Gasteiger partial charge in [-0.1, -0.05) is 18.2 Å². The van der Waals surface area contributed by atoms with Crippen LogP contribution in [0.5, 0.6) is 0 Å². The number of amides is 3. The highest BCUT2D eigenvalue weighted by Gasteiger charge is 2.28. The summed E-state index contributed by atoms with van der Waals surface area (Å²) >= 11 is 0. The predicted octanol–water partition coefficient (Wildman–Crippen LogP) is 1.83. The summed E-state index contributed by atoms with van der Waals surface area (Å²) in [5, 5.41) is 5.69. The van der Waals surface area contributed by atoms with Gasteiger partial charge in [-0.2, -0.15) is 0 Å². The van der Waals surface area contributed by atoms with Crippen LogP contribution in [0.25, 0.3) is 0 Å². The van der Waals surface area contributed by atoms with Crippen LogP contribution in [0.1, 0.15) is 43.2 Å². The molecule has 0 saturated carbocycles. The van der Waals surface area contributed by atoms with E-state index in [0.717, 1.165) is 24.9 Å². The van der Waals surface area contributed by atoms with Crippen molar-refractivity contribution >= 4 is 23.4 Å². The van der Waals surface area contributed by atoms with E-state index in [0.29, 0.717) is 12.8 Å². The van der Waals surface area contributed by atoms with Crippen molar-refractivity contribution in [1.82, 2.24) is 5.32 Å². The zero-order valence-corrected chi connectivity index (χ0v) is 14.8. The van der Waals surface area contributed by atoms with Gasteiger partial charge in [0, 0.05) is 24.6 Å². The van der Waals surface area contributed by atoms with Crippen LogP contribution in [-0.2, 0) is 27.2 Å². The number of rotatable bonds is 6. The molecule has 0 saturated heterocycles. The van der Waals surface area contributed by atoms with Gasteiger partial charge in [0.25, 0.3) is 0 Å². The van der Waals surface area contributed by atoms with Gasteiger partial charge in [0.05, 0.1) is 5.92 Å². The van der Waals surface area contributed by atoms with Crippen LogP contribution in [0.4, 0.5) is 5.69 Å². The smallest absolute Gasteiger partial charge is 0.224 e. The van der Waals surface area contributed by atoms with Crippen molar-refractivity contribution in [3.63, 3.8) is 0 Å². The van der Waals surface area contributed by atoms with Crippen molar-refractivity contribution in [3.8, 4) is 0 Å². The fourth-order valence-electron chi connectivity index (χ4n) is 3.67. The zero-order chi connectivity index (χ0) is 18.5. The molecule has 1 aromatic rings. The minimum atomic E-state index is -0.408. The number of carbonyl (C=O) groups excluding carboxylic acids is 3. The molecule has 0 unspecified atom stereocenters. The maximum absolute atomic E-state index is 12.1. The molecule has 26 heavy (non-hydrogen) atoms. The molecule has 6 nitrogen and oxygen atoms in total. The Morgan fingerprint density at radius 3 is 2.54 bits per heavy atom. The molecule has 1 aromatic carbocycles. The van der Waals surface area contributed by atoms with Crippen LogP contribution in [0, 0.1) is 5.92 Å². The molecule has 2 atom stereocenters. The lowest BCUT2D eigenvalue weighted by Crippen LogP contribution is -2.46. The van der Waals surface area contributed by atoms with Gasteiger partial charge < -0.3 is 16.4 Å². The number of nitrogens with one attached hydrogen (secondary N) is 2. The quantitative estimate of drug-likeness (QED) is 0.679. The first kappa shape index (κ1) is 18.2. The minimum absolute atomic E-state index is 0.0858. The van der Waals surface area contributed by atoms with Gasteiger partial charge in [-0.3, -0.25) is 14.4 Å². The van der Waals surface area contributed by atoms with Crippen LogP contribution < -0.4 is 16.4 Å². The minimum Gasteiger partial charge on any atom is -0.369 e. The lowest BCUT2D eigenvalue weighted by atomic mass is 9.88. The first-order valence-electron chi connectivity index (χ1n) is 9.18. The number of aryl methyl sites for hydroxylation is 2. The van der Waals surface area contributed by atoms with Gasteiger partial charge in [-0.05, 0) is 55.4 Å². The third-order valence-electron chi connectivity index (χ3n) is 5.11. The van der Waals surface area contributed by atoms with Crippen molar-refractivity contribution in [2.75, 3.05) is 5.32 Å². The summed E-state index contributed by atoms with van der Waals surface area (Å²) in [4.78, 5) is 35.7. The number of hydrogen-bond donors (Lipinski definition) is 3. The molecule has 0 heterocycles. The molecule has 3 amide bonds. The van der Waals surface area contributed by atoms with Crippen LogP contribution in [0.3, 0.4) is 0 Å². The van der Waals surface area contributed by atoms with E-state index in [9.17, 15) is 14.4 Å². The first-order chi connectivity index (χ1) is 12.5. The number of nitrogens with two attached hydrogens (primary N) is 1. The van der Waals surface area contributed by atoms with Crippen LogP contribution in [0.15, 0.2) is 30.4 Å². The Hall–Kier alpha value is -2.63. The zero-order valence-electron chi connectivity index (χ0n) is 14.8. The Labute approximate surface area is 153 Å². The average molecular weight is 355 g/mol. The van der Waals surface area contributed by atoms with Gasteiger partial charge in [0.15, 0.2) is 0 Å². The van der Waals surface area contributed by atoms with Gasteiger partial charge in [0.1, 0.15) is 0 Å². The summed E-state index contributed by atoms with van der Waals surface area (Å²) in [5.41, 5.74) is 8.82. The Morgan fingerprint density at radius 2 is 1.73 bits per heavy atom. The molecule has 0 bridgehead atoms. The topological polar surface area (TPSA) is 101 Å². The number of carbonyl (C=O) groups is 3. The molecule has 138 valence electrons. The second kappa shape index (κ2) is 8.17. The summed E-state index contributed by atoms with van der Waals surface area (Å²) in [6, 6.07) is 5.70. The largest absolute Gasteiger partial charge is 0.369 e. The van der Waals surface area contributed by atoms with Crippen molar-refractivity contribution in [2.24, 2.45) is 11.7 Å². The van der Waals surface area contributed by atoms with E-state index in [1.54, 1.807) is 0 Å². The third-order valence-corrected chi connectivity index (χ3v) is 5.11. The fourth-order valence-corrected chi connectivity index (χ4v) is 3.67. The van der Waals surface area contributed by atoms with Crippen LogP contribution in [-0.4, -0.2) is 23.8 Å². The molecule has 0 aromatic heterocycles. The molecule has 0 radical (unpaired) electrons. The second-order valence-corrected chi connectivity index (χ2v) is 7.01. The van der Waals surface area contributed by atoms with E-state index in [1.165, 1.54) is 11.1 Å². The average Bonchev–Trinajstić information content (AvgIpc) is 3.08. The first-order valence-corrected chi connectivity index (χ1v) is 9.18. The molecule has 0 fully saturated rings. The van der Waals surface area contributed by atoms with Crippen LogP contribution >= 0.6 is 0 Å². The SMILES string of the molecule is NC(=O)[C@@H]1CC=CC[C@H]1NC(=O)CCC(=O)Nc1ccc2c(c1)CCC2. The highest BCUT2D eigenvalue weighted by molar-refractivity contribution is 5.93. The van der Waals surface area contributed by atoms with E-state index < -0.39 is 5.91 Å². The number of anilines is 1. The van der Waals surface area contributed by atoms with Gasteiger partial charge in [-0.25, -0.2) is 0 Å². The van der Waals surface area contributed by atoms with Crippen molar-refractivity contribution in [2.45, 2.75) is 51.0 Å². The van der Waals surface area contributed by atoms with Gasteiger partial charge >= 0.3 is 0 Å². The van der Waals surface area contributed by atoms with Crippen molar-refractivity contribution in [3.05, 3.63) is 41.5 Å². The number of allylic oxidation sites excluding steroid dienone is 1. The van der Waals surface area contributed by atoms with Crippen molar-refractivity contribution < 1.29 is 14.4 Å². The van der Waals surface area contributed by atoms with Crippen molar-refractivity contribution in [1.29, 1.82) is 0 Å². The maximum atomic E-state index is 12.1. The van der Waals surface area contributed by atoms with E-state index in [-0.39, 0.29) is 36.6 Å². The Balaban J connectivity index is 1.46. The van der Waals surface area contributed by atoms with Crippen LogP contribution in [0.2, 0.25) is 0 Å². The lowest BCUT2D eigenvalue weighted by Gasteiger charge is -2.26. The Bertz CT molecular complexity index is 742. The number of hydrogen-bond acceptors (Lipinski definition) is 3. The fraction of sp³-hybridized carbons (Fsp3) is 0.450. The Morgan fingerprint density at radius 1 is 1.00 bits per heavy atom. The lowest BCUT2D eigenvalue weighted by molar-refractivity contribution is -0.127. The number of primary amides is 1. The maximum Gasteiger partial charge on any atom is 0.224 e. The van der Waals surface area contributed by atoms with E-state index in [2.05, 4.69) is 16.7 Å². The molecule has 3 rings (SSSR count). The molecule has 4 N–H and O–H groups in total. The summed E-state index contributed by atoms with van der Waals surface area (Å²) < 4.78 is 0. The molecular formula is C20H25N3O3. The number of benzene rings is 1. The number of fused-ring (bicyclic) bond motifs is 1. The molecule has 0 spiro atoms. The molecule has 6 heteroatoms. The third kappa shape index (κ3) is 4.50. The Kier molecular flexibility index (Phi) is 5.71. The van der Waals surface area contributed by atoms with Gasteiger partial charge in [-0.15, -0.1) is 0 Å². The molecular weight excluding hydrogens is 330 g/mol. The molecule has 2 aliphatic rings. The molecule has 2 aliphatic carbocycles. The second-order valence-electron chi connectivity index (χ2n) is 7.01. The normalized spacial score (nSPS) is 21.1. The molecule has 0 aliphatic heterocycles. The standard InChI is InChI=1S/C20H25N3O3/c21-20(26)16-6-1-2-7-17(16)23-19(25)11-10-18(24)22-15-9-8-13-4-3-5-14(13)12-15/h1-2,8-9,12,16-17H,3-7,10-11H2,(H2,21,26)(H,22,24)(H,23,25)/t16-,17-/m1/s1. The highest BCUT2D eigenvalue weighted by Crippen LogP contribution is 2.25. The van der Waals surface area contributed by atoms with E-state index >= 15 is 0 Å². The van der Waals surface area contributed by atoms with E-state index in [4.69, 9.17) is 5.73 Å². The predicted molar refractivity (Wildman–Crippen MR) is 99.3 cm³/mol. The summed E-state index contributed by atoms with van der Waals surface area (Å²) in [6.07, 6.45) is 8.47.